The quantitative estimate of drug-likeness (QED) is 0.705. The minimum atomic E-state index is 0.347. The fourth-order valence-corrected chi connectivity index (χ4v) is 1.76. The minimum absolute atomic E-state index is 0.347. The van der Waals surface area contributed by atoms with Gasteiger partial charge in [0.05, 0.1) is 12.5 Å². The van der Waals surface area contributed by atoms with Crippen LogP contribution in [-0.4, -0.2) is 6.04 Å². The topological polar surface area (TPSA) is 35.8 Å². The van der Waals surface area contributed by atoms with Crippen molar-refractivity contribution in [3.63, 3.8) is 0 Å². The molecule has 1 aromatic carbocycles. The Morgan fingerprint density at radius 2 is 2.31 bits per heavy atom. The monoisotopic (exact) mass is 172 g/mol. The van der Waals surface area contributed by atoms with Gasteiger partial charge in [-0.1, -0.05) is 18.2 Å². The largest absolute Gasteiger partial charge is 0.381 e. The van der Waals surface area contributed by atoms with Crippen molar-refractivity contribution in [1.29, 1.82) is 5.26 Å². The van der Waals surface area contributed by atoms with E-state index in [9.17, 15) is 0 Å². The van der Waals surface area contributed by atoms with Crippen LogP contribution in [0.5, 0.6) is 0 Å². The van der Waals surface area contributed by atoms with E-state index in [0.717, 1.165) is 12.8 Å². The first-order valence-corrected chi connectivity index (χ1v) is 4.61. The van der Waals surface area contributed by atoms with Crippen LogP contribution < -0.4 is 5.32 Å². The summed E-state index contributed by atoms with van der Waals surface area (Å²) in [5, 5.41) is 12.0. The molecule has 1 aliphatic rings. The number of nitrogens with zero attached hydrogens (tertiary/aromatic N) is 1. The zero-order valence-corrected chi connectivity index (χ0v) is 7.46. The van der Waals surface area contributed by atoms with Crippen molar-refractivity contribution in [3.8, 4) is 6.07 Å². The number of nitriles is 1. The highest BCUT2D eigenvalue weighted by molar-refractivity contribution is 5.53. The molecule has 1 aromatic rings. The van der Waals surface area contributed by atoms with Crippen molar-refractivity contribution in [1.82, 2.24) is 0 Å². The molecule has 0 spiro atoms. The molecule has 0 aromatic heterocycles. The van der Waals surface area contributed by atoms with Crippen molar-refractivity contribution in [2.45, 2.75) is 25.3 Å². The van der Waals surface area contributed by atoms with E-state index in [1.807, 2.05) is 6.07 Å². The van der Waals surface area contributed by atoms with Gasteiger partial charge in [0.15, 0.2) is 0 Å². The van der Waals surface area contributed by atoms with Crippen molar-refractivity contribution >= 4 is 5.69 Å². The van der Waals surface area contributed by atoms with Gasteiger partial charge in [-0.25, -0.2) is 0 Å². The van der Waals surface area contributed by atoms with Gasteiger partial charge in [-0.2, -0.15) is 5.26 Å². The Hall–Kier alpha value is -1.49. The number of hydrogen-bond donors (Lipinski definition) is 1. The van der Waals surface area contributed by atoms with Gasteiger partial charge in [-0.05, 0) is 24.5 Å². The summed E-state index contributed by atoms with van der Waals surface area (Å²) >= 11 is 0. The van der Waals surface area contributed by atoms with Crippen LogP contribution in [0.25, 0.3) is 0 Å². The minimum Gasteiger partial charge on any atom is -0.381 e. The lowest BCUT2D eigenvalue weighted by Gasteiger charge is -2.24. The van der Waals surface area contributed by atoms with Crippen LogP contribution in [0.3, 0.4) is 0 Å². The molecule has 1 heterocycles. The van der Waals surface area contributed by atoms with Crippen LogP contribution in [0, 0.1) is 11.3 Å². The van der Waals surface area contributed by atoms with E-state index in [4.69, 9.17) is 5.26 Å². The number of hydrogen-bond acceptors (Lipinski definition) is 2. The molecular formula is C11H12N2. The maximum Gasteiger partial charge on any atom is 0.0643 e. The Morgan fingerprint density at radius 1 is 1.46 bits per heavy atom. The van der Waals surface area contributed by atoms with Crippen LogP contribution in [0.2, 0.25) is 0 Å². The van der Waals surface area contributed by atoms with Crippen LogP contribution in [0.4, 0.5) is 5.69 Å². The molecule has 0 aliphatic carbocycles. The summed E-state index contributed by atoms with van der Waals surface area (Å²) in [6.45, 7) is 0. The van der Waals surface area contributed by atoms with Crippen molar-refractivity contribution in [2.24, 2.45) is 0 Å². The van der Waals surface area contributed by atoms with Gasteiger partial charge in [-0.3, -0.25) is 0 Å². The number of benzene rings is 1. The van der Waals surface area contributed by atoms with E-state index >= 15 is 0 Å². The summed E-state index contributed by atoms with van der Waals surface area (Å²) in [5.41, 5.74) is 2.57. The number of anilines is 1. The van der Waals surface area contributed by atoms with Gasteiger partial charge >= 0.3 is 0 Å². The van der Waals surface area contributed by atoms with Crippen molar-refractivity contribution in [2.75, 3.05) is 5.32 Å². The fraction of sp³-hybridized carbons (Fsp3) is 0.364. The first kappa shape index (κ1) is 8.12. The Bertz CT molecular complexity index is 338. The molecule has 2 rings (SSSR count). The molecule has 2 heteroatoms. The normalized spacial score (nSPS) is 19.8. The average Bonchev–Trinajstić information content (AvgIpc) is 2.18. The van der Waals surface area contributed by atoms with Crippen LogP contribution in [-0.2, 0) is 6.42 Å². The average molecular weight is 172 g/mol. The summed E-state index contributed by atoms with van der Waals surface area (Å²) in [4.78, 5) is 0. The Morgan fingerprint density at radius 3 is 3.15 bits per heavy atom. The smallest absolute Gasteiger partial charge is 0.0643 e. The summed E-state index contributed by atoms with van der Waals surface area (Å²) in [6, 6.07) is 10.9. The molecule has 1 aliphatic heterocycles. The van der Waals surface area contributed by atoms with Crippen molar-refractivity contribution < 1.29 is 0 Å². The second kappa shape index (κ2) is 3.49. The Labute approximate surface area is 78.2 Å². The van der Waals surface area contributed by atoms with Gasteiger partial charge in [0.2, 0.25) is 0 Å². The third-order valence-corrected chi connectivity index (χ3v) is 2.48. The van der Waals surface area contributed by atoms with Gasteiger partial charge < -0.3 is 5.32 Å². The van der Waals surface area contributed by atoms with E-state index in [1.165, 1.54) is 11.3 Å². The zero-order chi connectivity index (χ0) is 9.10. The molecule has 0 bridgehead atoms. The summed E-state index contributed by atoms with van der Waals surface area (Å²) < 4.78 is 0. The number of aryl methyl sites for hydroxylation is 1. The van der Waals surface area contributed by atoms with E-state index in [-0.39, 0.29) is 0 Å². The molecule has 66 valence electrons. The van der Waals surface area contributed by atoms with Crippen LogP contribution in [0.15, 0.2) is 24.3 Å². The standard InChI is InChI=1S/C11H12N2/c12-8-7-10-6-5-9-3-1-2-4-11(9)13-10/h1-4,10,13H,5-7H2. The number of rotatable bonds is 1. The third kappa shape index (κ3) is 1.65. The lowest BCUT2D eigenvalue weighted by molar-refractivity contribution is 0.643. The van der Waals surface area contributed by atoms with E-state index in [2.05, 4.69) is 29.6 Å². The lowest BCUT2D eigenvalue weighted by atomic mass is 9.97. The highest BCUT2D eigenvalue weighted by Crippen LogP contribution is 2.24. The molecule has 1 unspecified atom stereocenters. The summed E-state index contributed by atoms with van der Waals surface area (Å²) in [7, 11) is 0. The molecule has 0 saturated carbocycles. The highest BCUT2D eigenvalue weighted by atomic mass is 14.9. The van der Waals surface area contributed by atoms with Crippen LogP contribution in [0.1, 0.15) is 18.4 Å². The molecule has 0 fully saturated rings. The van der Waals surface area contributed by atoms with Gasteiger partial charge in [0.25, 0.3) is 0 Å². The maximum atomic E-state index is 8.58. The second-order valence-corrected chi connectivity index (χ2v) is 3.40. The Balaban J connectivity index is 2.16. The molecule has 0 saturated heterocycles. The number of fused-ring (bicyclic) bond motifs is 1. The lowest BCUT2D eigenvalue weighted by Crippen LogP contribution is -2.24. The highest BCUT2D eigenvalue weighted by Gasteiger charge is 2.15. The predicted molar refractivity (Wildman–Crippen MR) is 52.4 cm³/mol. The summed E-state index contributed by atoms with van der Waals surface area (Å²) in [5.74, 6) is 0. The SMILES string of the molecule is N#CCC1CCc2ccccc2N1. The first-order chi connectivity index (χ1) is 6.40. The van der Waals surface area contributed by atoms with Crippen molar-refractivity contribution in [3.05, 3.63) is 29.8 Å². The van der Waals surface area contributed by atoms with E-state index in [1.54, 1.807) is 0 Å². The fourth-order valence-electron chi connectivity index (χ4n) is 1.76. The van der Waals surface area contributed by atoms with Gasteiger partial charge in [0.1, 0.15) is 0 Å². The number of para-hydroxylation sites is 1. The predicted octanol–water partition coefficient (Wildman–Crippen LogP) is 2.33. The maximum absolute atomic E-state index is 8.58. The van der Waals surface area contributed by atoms with Gasteiger partial charge in [0, 0.05) is 11.7 Å². The Kier molecular flexibility index (Phi) is 2.18. The molecule has 0 radical (unpaired) electrons. The third-order valence-electron chi connectivity index (χ3n) is 2.48. The second-order valence-electron chi connectivity index (χ2n) is 3.40. The molecule has 1 atom stereocenters. The van der Waals surface area contributed by atoms with E-state index < -0.39 is 0 Å². The molecule has 1 N–H and O–H groups in total. The first-order valence-electron chi connectivity index (χ1n) is 4.61. The molecule has 13 heavy (non-hydrogen) atoms. The van der Waals surface area contributed by atoms with E-state index in [0.29, 0.717) is 12.5 Å². The molecule has 0 amide bonds. The molecular weight excluding hydrogens is 160 g/mol. The zero-order valence-electron chi connectivity index (χ0n) is 7.46. The molecule has 2 nitrogen and oxygen atoms in total. The number of nitrogens with one attached hydrogen (secondary N) is 1. The van der Waals surface area contributed by atoms with Gasteiger partial charge in [-0.15, -0.1) is 0 Å². The van der Waals surface area contributed by atoms with Crippen LogP contribution >= 0.6 is 0 Å². The summed E-state index contributed by atoms with van der Waals surface area (Å²) in [6.07, 6.45) is 2.77.